The van der Waals surface area contributed by atoms with Gasteiger partial charge in [-0.25, -0.2) is 13.1 Å². The molecule has 2 rings (SSSR count). The maximum absolute atomic E-state index is 12.6. The zero-order chi connectivity index (χ0) is 20.0. The highest BCUT2D eigenvalue weighted by Gasteiger charge is 2.16. The molecule has 0 fully saturated rings. The van der Waals surface area contributed by atoms with Crippen LogP contribution in [0.15, 0.2) is 47.4 Å². The number of carbonyl (C=O) groups excluding carboxylic acids is 1. The van der Waals surface area contributed by atoms with E-state index in [-0.39, 0.29) is 23.8 Å². The number of nitrogens with zero attached hydrogens (tertiary/aromatic N) is 2. The van der Waals surface area contributed by atoms with Gasteiger partial charge in [-0.15, -0.1) is 0 Å². The number of amides is 1. The molecule has 0 spiro atoms. The van der Waals surface area contributed by atoms with E-state index in [2.05, 4.69) is 10.8 Å². The van der Waals surface area contributed by atoms with Crippen molar-refractivity contribution < 1.29 is 13.2 Å². The fourth-order valence-electron chi connectivity index (χ4n) is 2.67. The van der Waals surface area contributed by atoms with Crippen molar-refractivity contribution in [3.05, 3.63) is 64.7 Å². The molecule has 0 bridgehead atoms. The molecule has 0 saturated carbocycles. The minimum atomic E-state index is -3.68. The van der Waals surface area contributed by atoms with Crippen LogP contribution in [0.4, 0.5) is 0 Å². The van der Waals surface area contributed by atoms with Crippen LogP contribution < -0.4 is 4.72 Å². The summed E-state index contributed by atoms with van der Waals surface area (Å²) in [4.78, 5) is 14.3. The largest absolute Gasteiger partial charge is 0.337 e. The first-order chi connectivity index (χ1) is 12.7. The van der Waals surface area contributed by atoms with Crippen LogP contribution >= 0.6 is 0 Å². The van der Waals surface area contributed by atoms with Gasteiger partial charge >= 0.3 is 0 Å². The molecule has 0 saturated heterocycles. The lowest BCUT2D eigenvalue weighted by molar-refractivity contribution is 0.0785. The Balaban J connectivity index is 2.09. The summed E-state index contributed by atoms with van der Waals surface area (Å²) < 4.78 is 26.6. The van der Waals surface area contributed by atoms with Crippen molar-refractivity contribution in [1.29, 1.82) is 5.26 Å². The highest BCUT2D eigenvalue weighted by atomic mass is 32.2. The summed E-state index contributed by atoms with van der Waals surface area (Å²) in [5.74, 6) is -0.184. The quantitative estimate of drug-likeness (QED) is 0.742. The lowest BCUT2D eigenvalue weighted by atomic mass is 10.1. The predicted octanol–water partition coefficient (Wildman–Crippen LogP) is 2.77. The summed E-state index contributed by atoms with van der Waals surface area (Å²) in [6.07, 6.45) is 0.0963. The summed E-state index contributed by atoms with van der Waals surface area (Å²) in [6.45, 7) is 4.56. The van der Waals surface area contributed by atoms with Gasteiger partial charge in [-0.3, -0.25) is 4.79 Å². The van der Waals surface area contributed by atoms with Gasteiger partial charge in [-0.1, -0.05) is 23.8 Å². The molecule has 2 aromatic rings. The maximum Gasteiger partial charge on any atom is 0.253 e. The second-order valence-corrected chi connectivity index (χ2v) is 8.19. The highest BCUT2D eigenvalue weighted by Crippen LogP contribution is 2.16. The van der Waals surface area contributed by atoms with Gasteiger partial charge in [0.15, 0.2) is 0 Å². The van der Waals surface area contributed by atoms with Gasteiger partial charge < -0.3 is 4.90 Å². The van der Waals surface area contributed by atoms with Crippen LogP contribution in [0, 0.1) is 25.2 Å². The minimum Gasteiger partial charge on any atom is -0.337 e. The van der Waals surface area contributed by atoms with E-state index in [1.807, 2.05) is 32.0 Å². The van der Waals surface area contributed by atoms with Crippen LogP contribution in [-0.4, -0.2) is 32.8 Å². The third-order valence-electron chi connectivity index (χ3n) is 4.19. The fraction of sp³-hybridized carbons (Fsp3) is 0.300. The monoisotopic (exact) mass is 385 g/mol. The van der Waals surface area contributed by atoms with E-state index in [4.69, 9.17) is 5.26 Å². The van der Waals surface area contributed by atoms with Crippen molar-refractivity contribution in [2.24, 2.45) is 0 Å². The molecule has 0 radical (unpaired) electrons. The first kappa shape index (κ1) is 20.6. The Labute approximate surface area is 160 Å². The molecular weight excluding hydrogens is 362 g/mol. The molecule has 0 aliphatic carbocycles. The van der Waals surface area contributed by atoms with Crippen molar-refractivity contribution in [1.82, 2.24) is 9.62 Å². The molecule has 7 heteroatoms. The molecule has 0 aliphatic heterocycles. The molecule has 0 atom stereocenters. The highest BCUT2D eigenvalue weighted by molar-refractivity contribution is 7.89. The van der Waals surface area contributed by atoms with Crippen LogP contribution in [0.25, 0.3) is 0 Å². The minimum absolute atomic E-state index is 0.0537. The summed E-state index contributed by atoms with van der Waals surface area (Å²) in [6, 6.07) is 13.8. The standard InChI is InChI=1S/C20H23N3O3S/c1-15-5-6-18(16(2)13-15)14-23(3)20(24)17-7-9-19(10-8-17)27(25,26)22-12-4-11-21/h5-10,13,22H,4,12,14H2,1-3H3. The van der Waals surface area contributed by atoms with Crippen LogP contribution in [0.2, 0.25) is 0 Å². The van der Waals surface area contributed by atoms with Gasteiger partial charge in [-0.2, -0.15) is 5.26 Å². The molecule has 0 aromatic heterocycles. The van der Waals surface area contributed by atoms with Crippen molar-refractivity contribution in [2.75, 3.05) is 13.6 Å². The van der Waals surface area contributed by atoms with E-state index in [0.29, 0.717) is 12.1 Å². The predicted molar refractivity (Wildman–Crippen MR) is 104 cm³/mol. The summed E-state index contributed by atoms with van der Waals surface area (Å²) in [7, 11) is -1.96. The molecule has 0 aliphatic rings. The average Bonchev–Trinajstić information content (AvgIpc) is 2.63. The van der Waals surface area contributed by atoms with E-state index in [1.54, 1.807) is 11.9 Å². The van der Waals surface area contributed by atoms with Crippen molar-refractivity contribution in [3.8, 4) is 6.07 Å². The van der Waals surface area contributed by atoms with E-state index >= 15 is 0 Å². The summed E-state index contributed by atoms with van der Waals surface area (Å²) in [5.41, 5.74) is 3.78. The number of rotatable bonds is 7. The number of benzene rings is 2. The van der Waals surface area contributed by atoms with E-state index in [0.717, 1.165) is 11.1 Å². The zero-order valence-corrected chi connectivity index (χ0v) is 16.5. The molecule has 27 heavy (non-hydrogen) atoms. The maximum atomic E-state index is 12.6. The Hall–Kier alpha value is -2.69. The van der Waals surface area contributed by atoms with Crippen molar-refractivity contribution >= 4 is 15.9 Å². The Bertz CT molecular complexity index is 961. The zero-order valence-electron chi connectivity index (χ0n) is 15.7. The van der Waals surface area contributed by atoms with Crippen LogP contribution in [-0.2, 0) is 16.6 Å². The summed E-state index contributed by atoms with van der Waals surface area (Å²) in [5, 5.41) is 8.49. The lowest BCUT2D eigenvalue weighted by Crippen LogP contribution is -2.27. The number of sulfonamides is 1. The Morgan fingerprint density at radius 3 is 2.41 bits per heavy atom. The third kappa shape index (κ3) is 5.39. The van der Waals surface area contributed by atoms with Gasteiger partial charge in [-0.05, 0) is 49.2 Å². The molecule has 0 heterocycles. The van der Waals surface area contributed by atoms with Gasteiger partial charge in [0.05, 0.1) is 11.0 Å². The Kier molecular flexibility index (Phi) is 6.72. The third-order valence-corrected chi connectivity index (χ3v) is 5.67. The van der Waals surface area contributed by atoms with E-state index < -0.39 is 10.0 Å². The van der Waals surface area contributed by atoms with Gasteiger partial charge in [0.2, 0.25) is 10.0 Å². The van der Waals surface area contributed by atoms with Crippen LogP contribution in [0.5, 0.6) is 0 Å². The van der Waals surface area contributed by atoms with Gasteiger partial charge in [0.1, 0.15) is 0 Å². The molecule has 0 unspecified atom stereocenters. The van der Waals surface area contributed by atoms with Crippen molar-refractivity contribution in [3.63, 3.8) is 0 Å². The first-order valence-corrected chi connectivity index (χ1v) is 10.0. The van der Waals surface area contributed by atoms with Crippen molar-refractivity contribution in [2.45, 2.75) is 31.7 Å². The molecule has 1 N–H and O–H groups in total. The Morgan fingerprint density at radius 2 is 1.81 bits per heavy atom. The van der Waals surface area contributed by atoms with Gasteiger partial charge in [0.25, 0.3) is 5.91 Å². The van der Waals surface area contributed by atoms with Gasteiger partial charge in [0, 0.05) is 32.1 Å². The summed E-state index contributed by atoms with van der Waals surface area (Å²) >= 11 is 0. The average molecular weight is 385 g/mol. The number of hydrogen-bond donors (Lipinski definition) is 1. The first-order valence-electron chi connectivity index (χ1n) is 8.53. The molecule has 6 nitrogen and oxygen atoms in total. The number of nitrogens with one attached hydrogen (secondary N) is 1. The molecule has 2 aromatic carbocycles. The SMILES string of the molecule is Cc1ccc(CN(C)C(=O)c2ccc(S(=O)(=O)NCCC#N)cc2)c(C)c1. The lowest BCUT2D eigenvalue weighted by Gasteiger charge is -2.19. The smallest absolute Gasteiger partial charge is 0.253 e. The van der Waals surface area contributed by atoms with E-state index in [1.165, 1.54) is 29.8 Å². The molecule has 142 valence electrons. The number of nitriles is 1. The number of hydrogen-bond acceptors (Lipinski definition) is 4. The van der Waals surface area contributed by atoms with Crippen LogP contribution in [0.3, 0.4) is 0 Å². The molecular formula is C20H23N3O3S. The van der Waals surface area contributed by atoms with Crippen LogP contribution in [0.1, 0.15) is 33.5 Å². The second-order valence-electron chi connectivity index (χ2n) is 6.42. The Morgan fingerprint density at radius 1 is 1.15 bits per heavy atom. The molecule has 1 amide bonds. The topological polar surface area (TPSA) is 90.3 Å². The fourth-order valence-corrected chi connectivity index (χ4v) is 3.70. The normalized spacial score (nSPS) is 11.0. The van der Waals surface area contributed by atoms with E-state index in [9.17, 15) is 13.2 Å². The number of carbonyl (C=O) groups is 1. The second kappa shape index (κ2) is 8.80. The number of aryl methyl sites for hydroxylation is 2.